The molecule has 16 heavy (non-hydrogen) atoms. The third-order valence-electron chi connectivity index (χ3n) is 2.65. The molecule has 4 nitrogen and oxygen atoms in total. The number of halogens is 1. The van der Waals surface area contributed by atoms with Gasteiger partial charge in [-0.25, -0.2) is 12.7 Å². The number of hydrogen-bond acceptors (Lipinski definition) is 3. The molecular weight excluding hydrogens is 341 g/mol. The summed E-state index contributed by atoms with van der Waals surface area (Å²) in [7, 11) is -3.53. The fourth-order valence-electron chi connectivity index (χ4n) is 1.49. The van der Waals surface area contributed by atoms with Gasteiger partial charge in [0.15, 0.2) is 4.75 Å². The molecule has 0 radical (unpaired) electrons. The number of benzene rings is 1. The van der Waals surface area contributed by atoms with E-state index < -0.39 is 14.8 Å². The average Bonchev–Trinajstić information content (AvgIpc) is 2.20. The molecule has 0 saturated carbocycles. The minimum absolute atomic E-state index is 0.381. The molecule has 1 amide bonds. The summed E-state index contributed by atoms with van der Waals surface area (Å²) in [5, 5.41) is 0. The van der Waals surface area contributed by atoms with Gasteiger partial charge in [-0.1, -0.05) is 0 Å². The van der Waals surface area contributed by atoms with E-state index in [4.69, 9.17) is 0 Å². The number of anilines is 1. The minimum atomic E-state index is -3.53. The van der Waals surface area contributed by atoms with E-state index in [0.717, 1.165) is 7.88 Å². The van der Waals surface area contributed by atoms with Crippen LogP contribution in [0.25, 0.3) is 0 Å². The first kappa shape index (κ1) is 11.8. The smallest absolute Gasteiger partial charge is 0.263 e. The van der Waals surface area contributed by atoms with Crippen LogP contribution in [0.3, 0.4) is 0 Å². The maximum absolute atomic E-state index is 11.9. The van der Waals surface area contributed by atoms with Gasteiger partial charge in [0.2, 0.25) is 0 Å². The number of hydrogen-bond donors (Lipinski definition) is 0. The first-order chi connectivity index (χ1) is 7.28. The molecule has 0 unspecified atom stereocenters. The van der Waals surface area contributed by atoms with Gasteiger partial charge in [-0.05, 0) is 60.7 Å². The van der Waals surface area contributed by atoms with E-state index in [9.17, 15) is 13.2 Å². The van der Waals surface area contributed by atoms with Crippen molar-refractivity contribution in [2.75, 3.05) is 4.31 Å². The molecule has 1 aromatic rings. The summed E-state index contributed by atoms with van der Waals surface area (Å²) in [6.07, 6.45) is 0. The van der Waals surface area contributed by atoms with Gasteiger partial charge in [0.25, 0.3) is 15.9 Å². The fourth-order valence-corrected chi connectivity index (χ4v) is 3.33. The second-order valence-corrected chi connectivity index (χ2v) is 7.64. The minimum Gasteiger partial charge on any atom is -0.272 e. The van der Waals surface area contributed by atoms with Gasteiger partial charge in [-0.15, -0.1) is 0 Å². The van der Waals surface area contributed by atoms with Crippen molar-refractivity contribution < 1.29 is 13.2 Å². The molecule has 1 saturated heterocycles. The zero-order valence-electron chi connectivity index (χ0n) is 8.77. The van der Waals surface area contributed by atoms with Gasteiger partial charge in [0.05, 0.1) is 5.69 Å². The Morgan fingerprint density at radius 2 is 1.69 bits per heavy atom. The first-order valence-electron chi connectivity index (χ1n) is 4.63. The molecule has 2 rings (SSSR count). The molecule has 0 atom stereocenters. The Bertz CT molecular complexity index is 548. The lowest BCUT2D eigenvalue weighted by molar-refractivity contribution is -0.120. The topological polar surface area (TPSA) is 54.5 Å². The van der Waals surface area contributed by atoms with Crippen molar-refractivity contribution >= 4 is 44.2 Å². The third-order valence-corrected chi connectivity index (χ3v) is 5.69. The molecule has 0 N–H and O–H groups in total. The molecule has 0 aromatic heterocycles. The van der Waals surface area contributed by atoms with Crippen molar-refractivity contribution in [3.05, 3.63) is 27.8 Å². The summed E-state index contributed by atoms with van der Waals surface area (Å²) in [6, 6.07) is 6.80. The van der Waals surface area contributed by atoms with Crippen molar-refractivity contribution in [2.24, 2.45) is 0 Å². The second kappa shape index (κ2) is 3.43. The predicted octanol–water partition coefficient (Wildman–Crippen LogP) is 1.75. The van der Waals surface area contributed by atoms with Crippen LogP contribution in [-0.4, -0.2) is 19.1 Å². The van der Waals surface area contributed by atoms with Gasteiger partial charge in [0.1, 0.15) is 0 Å². The molecular formula is C10H10INO3S. The lowest BCUT2D eigenvalue weighted by Crippen LogP contribution is -2.67. The SMILES string of the molecule is CC1(C)C(=O)N(c2ccc(I)cc2)S1(=O)=O. The highest BCUT2D eigenvalue weighted by molar-refractivity contribution is 14.1. The number of rotatable bonds is 1. The van der Waals surface area contributed by atoms with Crippen LogP contribution in [0.2, 0.25) is 0 Å². The fraction of sp³-hybridized carbons (Fsp3) is 0.300. The van der Waals surface area contributed by atoms with Crippen molar-refractivity contribution in [1.29, 1.82) is 0 Å². The van der Waals surface area contributed by atoms with Crippen LogP contribution in [0.15, 0.2) is 24.3 Å². The summed E-state index contributed by atoms with van der Waals surface area (Å²) in [5.74, 6) is -0.381. The van der Waals surface area contributed by atoms with Crippen molar-refractivity contribution in [1.82, 2.24) is 0 Å². The Morgan fingerprint density at radius 3 is 2.12 bits per heavy atom. The van der Waals surface area contributed by atoms with Crippen LogP contribution in [-0.2, 0) is 14.8 Å². The molecule has 1 aliphatic rings. The highest BCUT2D eigenvalue weighted by Gasteiger charge is 2.60. The number of sulfonamides is 1. The number of amides is 1. The van der Waals surface area contributed by atoms with Gasteiger partial charge in [0, 0.05) is 3.57 Å². The van der Waals surface area contributed by atoms with E-state index in [0.29, 0.717) is 5.69 Å². The summed E-state index contributed by atoms with van der Waals surface area (Å²) >= 11 is 2.12. The largest absolute Gasteiger partial charge is 0.272 e. The quantitative estimate of drug-likeness (QED) is 0.725. The van der Waals surface area contributed by atoms with E-state index in [1.54, 1.807) is 24.3 Å². The van der Waals surface area contributed by atoms with Crippen LogP contribution >= 0.6 is 22.6 Å². The molecule has 6 heteroatoms. The van der Waals surface area contributed by atoms with Gasteiger partial charge in [-0.3, -0.25) is 4.79 Å². The monoisotopic (exact) mass is 351 g/mol. The zero-order valence-corrected chi connectivity index (χ0v) is 11.7. The Morgan fingerprint density at radius 1 is 1.19 bits per heavy atom. The molecule has 0 aliphatic carbocycles. The summed E-state index contributed by atoms with van der Waals surface area (Å²) < 4.78 is 24.3. The van der Waals surface area contributed by atoms with Crippen LogP contribution in [0.1, 0.15) is 13.8 Å². The normalized spacial score (nSPS) is 21.7. The molecule has 1 aromatic carbocycles. The first-order valence-corrected chi connectivity index (χ1v) is 7.15. The molecule has 1 fully saturated rings. The maximum Gasteiger partial charge on any atom is 0.263 e. The Labute approximate surface area is 108 Å². The molecule has 1 heterocycles. The number of carbonyl (C=O) groups excluding carboxylic acids is 1. The standard InChI is InChI=1S/C10H10INO3S/c1-10(2)9(13)12(16(10,14)15)8-5-3-7(11)4-6-8/h3-6H,1-2H3. The van der Waals surface area contributed by atoms with E-state index in [1.807, 2.05) is 0 Å². The van der Waals surface area contributed by atoms with Crippen LogP contribution < -0.4 is 4.31 Å². The number of carbonyl (C=O) groups is 1. The van der Waals surface area contributed by atoms with E-state index in [-0.39, 0.29) is 5.91 Å². The third kappa shape index (κ3) is 1.39. The molecule has 1 aliphatic heterocycles. The van der Waals surface area contributed by atoms with Crippen molar-refractivity contribution in [3.8, 4) is 0 Å². The summed E-state index contributed by atoms with van der Waals surface area (Å²) in [4.78, 5) is 11.7. The van der Waals surface area contributed by atoms with E-state index in [1.165, 1.54) is 13.8 Å². The zero-order chi connectivity index (χ0) is 12.1. The van der Waals surface area contributed by atoms with Gasteiger partial charge in [-0.2, -0.15) is 0 Å². The second-order valence-electron chi connectivity index (χ2n) is 4.06. The van der Waals surface area contributed by atoms with E-state index in [2.05, 4.69) is 22.6 Å². The molecule has 0 bridgehead atoms. The Kier molecular flexibility index (Phi) is 2.54. The summed E-state index contributed by atoms with van der Waals surface area (Å²) in [5.41, 5.74) is 0.407. The van der Waals surface area contributed by atoms with Crippen molar-refractivity contribution in [3.63, 3.8) is 0 Å². The van der Waals surface area contributed by atoms with Crippen LogP contribution in [0.4, 0.5) is 5.69 Å². The van der Waals surface area contributed by atoms with Crippen LogP contribution in [0, 0.1) is 3.57 Å². The predicted molar refractivity (Wildman–Crippen MR) is 69.6 cm³/mol. The molecule has 0 spiro atoms. The highest BCUT2D eigenvalue weighted by Crippen LogP contribution is 2.38. The summed E-state index contributed by atoms with van der Waals surface area (Å²) in [6.45, 7) is 2.85. The Balaban J connectivity index is 2.46. The van der Waals surface area contributed by atoms with Crippen LogP contribution in [0.5, 0.6) is 0 Å². The van der Waals surface area contributed by atoms with Crippen molar-refractivity contribution in [2.45, 2.75) is 18.6 Å². The highest BCUT2D eigenvalue weighted by atomic mass is 127. The van der Waals surface area contributed by atoms with E-state index >= 15 is 0 Å². The Hall–Kier alpha value is -0.630. The lowest BCUT2D eigenvalue weighted by Gasteiger charge is -2.42. The number of nitrogens with zero attached hydrogens (tertiary/aromatic N) is 1. The molecule has 86 valence electrons. The van der Waals surface area contributed by atoms with Gasteiger partial charge < -0.3 is 0 Å². The lowest BCUT2D eigenvalue weighted by atomic mass is 10.1. The maximum atomic E-state index is 11.9. The average molecular weight is 351 g/mol. The van der Waals surface area contributed by atoms with Gasteiger partial charge >= 0.3 is 0 Å².